The highest BCUT2D eigenvalue weighted by Crippen LogP contribution is 2.30. The highest BCUT2D eigenvalue weighted by molar-refractivity contribution is 14.1. The first-order valence-corrected chi connectivity index (χ1v) is 12.3. The zero-order valence-corrected chi connectivity index (χ0v) is 20.5. The molecule has 162 valence electrons. The topological polar surface area (TPSA) is 64.4 Å². The lowest BCUT2D eigenvalue weighted by atomic mass is 10.1. The maximum absolute atomic E-state index is 13.6. The molecular weight excluding hydrogens is 525 g/mol. The number of carbonyl (C=O) groups is 1. The number of para-hydroxylation sites is 2. The first-order valence-electron chi connectivity index (χ1n) is 10.3. The largest absolute Gasteiger partial charge is 0.495 e. The third-order valence-electron chi connectivity index (χ3n) is 5.42. The highest BCUT2D eigenvalue weighted by Gasteiger charge is 2.26. The molecule has 0 spiro atoms. The summed E-state index contributed by atoms with van der Waals surface area (Å²) >= 11 is 3.51. The Kier molecular flexibility index (Phi) is 6.86. The van der Waals surface area contributed by atoms with Gasteiger partial charge in [-0.25, -0.2) is 4.98 Å². The van der Waals surface area contributed by atoms with Gasteiger partial charge in [-0.15, -0.1) is 0 Å². The molecule has 0 unspecified atom stereocenters. The molecule has 1 amide bonds. The normalized spacial score (nSPS) is 15.1. The minimum atomic E-state index is -0.354. The van der Waals surface area contributed by atoms with Gasteiger partial charge in [-0.1, -0.05) is 23.9 Å². The molecule has 0 N–H and O–H groups in total. The molecule has 1 aromatic heterocycles. The van der Waals surface area contributed by atoms with Gasteiger partial charge in [0.15, 0.2) is 5.16 Å². The van der Waals surface area contributed by atoms with Crippen molar-refractivity contribution in [2.75, 3.05) is 20.2 Å². The number of piperidine rings is 1. The van der Waals surface area contributed by atoms with Crippen LogP contribution in [0.5, 0.6) is 5.75 Å². The Morgan fingerprint density at radius 1 is 1.16 bits per heavy atom. The number of aromatic nitrogens is 2. The van der Waals surface area contributed by atoms with Crippen LogP contribution in [0, 0.1) is 3.57 Å². The molecule has 1 aliphatic heterocycles. The van der Waals surface area contributed by atoms with Crippen LogP contribution < -0.4 is 10.3 Å². The summed E-state index contributed by atoms with van der Waals surface area (Å²) in [6, 6.07) is 13.0. The van der Waals surface area contributed by atoms with E-state index >= 15 is 0 Å². The first-order chi connectivity index (χ1) is 15.0. The van der Waals surface area contributed by atoms with Crippen molar-refractivity contribution >= 4 is 51.2 Å². The molecule has 4 rings (SSSR count). The molecule has 8 heteroatoms. The van der Waals surface area contributed by atoms with Crippen LogP contribution in [0.25, 0.3) is 16.6 Å². The number of methoxy groups -OCH3 is 1. The molecular formula is C23H24IN3O3S. The Hall–Kier alpha value is -2.07. The fraction of sp³-hybridized carbons (Fsp3) is 0.348. The number of hydrogen-bond donors (Lipinski definition) is 0. The fourth-order valence-corrected chi connectivity index (χ4v) is 5.32. The average molecular weight is 549 g/mol. The SMILES string of the molecule is COc1ccccc1-n1c(S[C@H](C)C(=O)N2CCCCC2)nc2ccc(I)cc2c1=O. The minimum absolute atomic E-state index is 0.0910. The molecule has 6 nitrogen and oxygen atoms in total. The zero-order valence-electron chi connectivity index (χ0n) is 17.5. The Morgan fingerprint density at radius 3 is 2.65 bits per heavy atom. The van der Waals surface area contributed by atoms with E-state index < -0.39 is 0 Å². The quantitative estimate of drug-likeness (QED) is 0.267. The smallest absolute Gasteiger partial charge is 0.266 e. The zero-order chi connectivity index (χ0) is 22.0. The van der Waals surface area contributed by atoms with Crippen LogP contribution in [-0.4, -0.2) is 45.8 Å². The van der Waals surface area contributed by atoms with Crippen LogP contribution in [0.4, 0.5) is 0 Å². The molecule has 0 radical (unpaired) electrons. The second-order valence-electron chi connectivity index (χ2n) is 7.51. The van der Waals surface area contributed by atoms with Crippen molar-refractivity contribution in [3.63, 3.8) is 0 Å². The molecule has 2 heterocycles. The van der Waals surface area contributed by atoms with Gasteiger partial charge in [-0.2, -0.15) is 0 Å². The van der Waals surface area contributed by atoms with Crippen molar-refractivity contribution in [1.29, 1.82) is 0 Å². The fourth-order valence-electron chi connectivity index (χ4n) is 3.82. The average Bonchev–Trinajstić information content (AvgIpc) is 2.80. The van der Waals surface area contributed by atoms with Crippen molar-refractivity contribution in [2.24, 2.45) is 0 Å². The maximum Gasteiger partial charge on any atom is 0.266 e. The van der Waals surface area contributed by atoms with Crippen molar-refractivity contribution in [3.05, 3.63) is 56.4 Å². The van der Waals surface area contributed by atoms with Gasteiger partial charge in [0.05, 0.1) is 29.0 Å². The molecule has 1 saturated heterocycles. The van der Waals surface area contributed by atoms with E-state index in [-0.39, 0.29) is 16.7 Å². The molecule has 1 atom stereocenters. The van der Waals surface area contributed by atoms with E-state index in [0.29, 0.717) is 27.5 Å². The summed E-state index contributed by atoms with van der Waals surface area (Å²) in [6.45, 7) is 3.48. The summed E-state index contributed by atoms with van der Waals surface area (Å²) in [5.41, 5.74) is 1.06. The van der Waals surface area contributed by atoms with E-state index in [0.717, 1.165) is 29.5 Å². The van der Waals surface area contributed by atoms with E-state index in [1.54, 1.807) is 11.7 Å². The van der Waals surface area contributed by atoms with Gasteiger partial charge in [0, 0.05) is 16.7 Å². The molecule has 0 bridgehead atoms. The number of likely N-dealkylation sites (tertiary alicyclic amines) is 1. The van der Waals surface area contributed by atoms with Crippen molar-refractivity contribution < 1.29 is 9.53 Å². The van der Waals surface area contributed by atoms with Crippen molar-refractivity contribution in [3.8, 4) is 11.4 Å². The van der Waals surface area contributed by atoms with Gasteiger partial charge in [0.25, 0.3) is 5.56 Å². The highest BCUT2D eigenvalue weighted by atomic mass is 127. The number of benzene rings is 2. The van der Waals surface area contributed by atoms with E-state index in [1.165, 1.54) is 18.2 Å². The number of rotatable bonds is 5. The predicted molar refractivity (Wildman–Crippen MR) is 132 cm³/mol. The summed E-state index contributed by atoms with van der Waals surface area (Å²) in [6.07, 6.45) is 3.26. The number of hydrogen-bond acceptors (Lipinski definition) is 5. The number of halogens is 1. The maximum atomic E-state index is 13.6. The van der Waals surface area contributed by atoms with Crippen LogP contribution in [0.1, 0.15) is 26.2 Å². The number of nitrogens with zero attached hydrogens (tertiary/aromatic N) is 3. The molecule has 1 fully saturated rings. The lowest BCUT2D eigenvalue weighted by molar-refractivity contribution is -0.131. The number of ether oxygens (including phenoxy) is 1. The second kappa shape index (κ2) is 9.60. The van der Waals surface area contributed by atoms with Crippen LogP contribution in [0.2, 0.25) is 0 Å². The van der Waals surface area contributed by atoms with Gasteiger partial charge in [-0.3, -0.25) is 14.2 Å². The number of amides is 1. The number of fused-ring (bicyclic) bond motifs is 1. The van der Waals surface area contributed by atoms with E-state index in [2.05, 4.69) is 22.6 Å². The molecule has 1 aliphatic rings. The van der Waals surface area contributed by atoms with Gasteiger partial charge >= 0.3 is 0 Å². The summed E-state index contributed by atoms with van der Waals surface area (Å²) in [4.78, 5) is 33.3. The first kappa shape index (κ1) is 22.1. The summed E-state index contributed by atoms with van der Waals surface area (Å²) < 4.78 is 8.05. The van der Waals surface area contributed by atoms with Crippen LogP contribution >= 0.6 is 34.4 Å². The van der Waals surface area contributed by atoms with Crippen molar-refractivity contribution in [2.45, 2.75) is 36.6 Å². The van der Waals surface area contributed by atoms with Crippen LogP contribution in [0.3, 0.4) is 0 Å². The Morgan fingerprint density at radius 2 is 1.90 bits per heavy atom. The number of carbonyl (C=O) groups excluding carboxylic acids is 1. The third-order valence-corrected chi connectivity index (χ3v) is 7.13. The summed E-state index contributed by atoms with van der Waals surface area (Å²) in [5.74, 6) is 0.668. The van der Waals surface area contributed by atoms with Gasteiger partial charge in [0.2, 0.25) is 5.91 Å². The van der Waals surface area contributed by atoms with Gasteiger partial charge in [-0.05, 0) is 79.1 Å². The summed E-state index contributed by atoms with van der Waals surface area (Å²) in [7, 11) is 1.58. The lowest BCUT2D eigenvalue weighted by Gasteiger charge is -2.29. The minimum Gasteiger partial charge on any atom is -0.495 e. The molecule has 2 aromatic carbocycles. The van der Waals surface area contributed by atoms with E-state index in [4.69, 9.17) is 9.72 Å². The van der Waals surface area contributed by atoms with Crippen LogP contribution in [0.15, 0.2) is 52.4 Å². The molecule has 31 heavy (non-hydrogen) atoms. The monoisotopic (exact) mass is 549 g/mol. The summed E-state index contributed by atoms with van der Waals surface area (Å²) in [5, 5.41) is 0.672. The standard InChI is InChI=1S/C23H24IN3O3S/c1-15(21(28)26-12-6-3-7-13-26)31-23-25-18-11-10-16(24)14-17(18)22(29)27(23)19-8-4-5-9-20(19)30-2/h4-5,8-11,14-15H,3,6-7,12-13H2,1-2H3/t15-/m1/s1. The third kappa shape index (κ3) is 4.59. The second-order valence-corrected chi connectivity index (χ2v) is 10.1. The van der Waals surface area contributed by atoms with Gasteiger partial charge < -0.3 is 9.64 Å². The Bertz CT molecular complexity index is 1170. The Balaban J connectivity index is 1.82. The predicted octanol–water partition coefficient (Wildman–Crippen LogP) is 4.49. The molecule has 0 saturated carbocycles. The number of thioether (sulfide) groups is 1. The van der Waals surface area contributed by atoms with Crippen LogP contribution in [-0.2, 0) is 4.79 Å². The van der Waals surface area contributed by atoms with Gasteiger partial charge in [0.1, 0.15) is 5.75 Å². The van der Waals surface area contributed by atoms with E-state index in [9.17, 15) is 9.59 Å². The van der Waals surface area contributed by atoms with E-state index in [1.807, 2.05) is 54.3 Å². The molecule has 0 aliphatic carbocycles. The lowest BCUT2D eigenvalue weighted by Crippen LogP contribution is -2.40. The Labute approximate surface area is 199 Å². The molecule has 3 aromatic rings. The van der Waals surface area contributed by atoms with Crippen molar-refractivity contribution in [1.82, 2.24) is 14.5 Å².